The molecule has 1 atom stereocenters. The van der Waals surface area contributed by atoms with Crippen LogP contribution < -0.4 is 11.5 Å². The first-order valence-corrected chi connectivity index (χ1v) is 5.20. The minimum absolute atomic E-state index is 0.0565. The highest BCUT2D eigenvalue weighted by atomic mass is 35.5. The summed E-state index contributed by atoms with van der Waals surface area (Å²) < 4.78 is 0. The molecule has 1 rings (SSSR count). The van der Waals surface area contributed by atoms with E-state index in [1.54, 1.807) is 11.3 Å². The van der Waals surface area contributed by atoms with Gasteiger partial charge in [0, 0.05) is 10.9 Å². The number of halogens is 1. The standard InChI is InChI=1S/C8H13ClN2S/c9-6-3-5-12-8(6)7(11)2-1-4-10/h3,5,7H,1-2,4,10-11H2/t7-/m0/s1. The third-order valence-electron chi connectivity index (χ3n) is 1.70. The molecule has 4 N–H and O–H groups in total. The molecule has 1 aromatic rings. The van der Waals surface area contributed by atoms with E-state index in [0.717, 1.165) is 22.7 Å². The van der Waals surface area contributed by atoms with E-state index in [1.807, 2.05) is 11.4 Å². The Bertz CT molecular complexity index is 237. The van der Waals surface area contributed by atoms with Gasteiger partial charge in [0.05, 0.1) is 5.02 Å². The molecule has 1 heterocycles. The number of hydrogen-bond acceptors (Lipinski definition) is 3. The Hall–Kier alpha value is -0.0900. The van der Waals surface area contributed by atoms with Crippen LogP contribution in [0.25, 0.3) is 0 Å². The number of hydrogen-bond donors (Lipinski definition) is 2. The molecule has 0 saturated carbocycles. The molecule has 1 aromatic heterocycles. The van der Waals surface area contributed by atoms with Crippen molar-refractivity contribution in [2.45, 2.75) is 18.9 Å². The molecule has 0 spiro atoms. The van der Waals surface area contributed by atoms with Gasteiger partial charge in [-0.25, -0.2) is 0 Å². The molecule has 68 valence electrons. The molecule has 2 nitrogen and oxygen atoms in total. The van der Waals surface area contributed by atoms with Gasteiger partial charge < -0.3 is 11.5 Å². The Kier molecular flexibility index (Phi) is 4.01. The molecule has 0 radical (unpaired) electrons. The largest absolute Gasteiger partial charge is 0.330 e. The SMILES string of the molecule is NCCC[C@H](N)c1sccc1Cl. The molecule has 0 aliphatic rings. The van der Waals surface area contributed by atoms with Crippen LogP contribution in [0, 0.1) is 0 Å². The Morgan fingerprint density at radius 1 is 1.58 bits per heavy atom. The molecule has 0 aliphatic carbocycles. The molecule has 0 aliphatic heterocycles. The second-order valence-corrected chi connectivity index (χ2v) is 4.03. The van der Waals surface area contributed by atoms with Crippen LogP contribution in [0.3, 0.4) is 0 Å². The topological polar surface area (TPSA) is 52.0 Å². The maximum Gasteiger partial charge on any atom is 0.0561 e. The van der Waals surface area contributed by atoms with Crippen LogP contribution in [-0.4, -0.2) is 6.54 Å². The van der Waals surface area contributed by atoms with Gasteiger partial charge >= 0.3 is 0 Å². The summed E-state index contributed by atoms with van der Waals surface area (Å²) in [5.74, 6) is 0. The van der Waals surface area contributed by atoms with Crippen molar-refractivity contribution in [3.8, 4) is 0 Å². The van der Waals surface area contributed by atoms with E-state index in [2.05, 4.69) is 0 Å². The Morgan fingerprint density at radius 2 is 2.33 bits per heavy atom. The summed E-state index contributed by atoms with van der Waals surface area (Å²) >= 11 is 7.52. The fourth-order valence-corrected chi connectivity index (χ4v) is 2.27. The van der Waals surface area contributed by atoms with Gasteiger partial charge in [0.1, 0.15) is 0 Å². The van der Waals surface area contributed by atoms with E-state index >= 15 is 0 Å². The van der Waals surface area contributed by atoms with Crippen molar-refractivity contribution in [1.29, 1.82) is 0 Å². The molecule has 12 heavy (non-hydrogen) atoms. The summed E-state index contributed by atoms with van der Waals surface area (Å²) in [5, 5.41) is 2.74. The highest BCUT2D eigenvalue weighted by molar-refractivity contribution is 7.10. The van der Waals surface area contributed by atoms with Gasteiger partial charge in [-0.1, -0.05) is 11.6 Å². The number of rotatable bonds is 4. The molecular formula is C8H13ClN2S. The smallest absolute Gasteiger partial charge is 0.0561 e. The lowest BCUT2D eigenvalue weighted by Gasteiger charge is -2.08. The fourth-order valence-electron chi connectivity index (χ4n) is 1.04. The number of thiophene rings is 1. The molecule has 0 bridgehead atoms. The quantitative estimate of drug-likeness (QED) is 0.790. The molecule has 0 fully saturated rings. The normalized spacial score (nSPS) is 13.2. The molecule has 4 heteroatoms. The zero-order chi connectivity index (χ0) is 8.97. The average molecular weight is 205 g/mol. The predicted molar refractivity (Wildman–Crippen MR) is 54.5 cm³/mol. The van der Waals surface area contributed by atoms with Crippen LogP contribution in [-0.2, 0) is 0 Å². The van der Waals surface area contributed by atoms with Gasteiger partial charge in [-0.15, -0.1) is 11.3 Å². The van der Waals surface area contributed by atoms with Crippen LogP contribution in [0.5, 0.6) is 0 Å². The lowest BCUT2D eigenvalue weighted by Crippen LogP contribution is -2.11. The number of nitrogens with two attached hydrogens (primary N) is 2. The minimum atomic E-state index is 0.0565. The summed E-state index contributed by atoms with van der Waals surface area (Å²) in [6, 6.07) is 1.94. The third-order valence-corrected chi connectivity index (χ3v) is 3.19. The first-order valence-electron chi connectivity index (χ1n) is 3.94. The van der Waals surface area contributed by atoms with Crippen LogP contribution >= 0.6 is 22.9 Å². The van der Waals surface area contributed by atoms with Crippen molar-refractivity contribution in [2.75, 3.05) is 6.54 Å². The zero-order valence-corrected chi connectivity index (χ0v) is 8.37. The van der Waals surface area contributed by atoms with Crippen LogP contribution in [0.1, 0.15) is 23.8 Å². The summed E-state index contributed by atoms with van der Waals surface area (Å²) in [5.41, 5.74) is 11.3. The lowest BCUT2D eigenvalue weighted by atomic mass is 10.1. The Morgan fingerprint density at radius 3 is 2.83 bits per heavy atom. The van der Waals surface area contributed by atoms with E-state index in [9.17, 15) is 0 Å². The summed E-state index contributed by atoms with van der Waals surface area (Å²) in [7, 11) is 0. The van der Waals surface area contributed by atoms with E-state index in [1.165, 1.54) is 0 Å². The second kappa shape index (κ2) is 4.82. The van der Waals surface area contributed by atoms with Gasteiger partial charge in [0.15, 0.2) is 0 Å². The fraction of sp³-hybridized carbons (Fsp3) is 0.500. The van der Waals surface area contributed by atoms with E-state index in [-0.39, 0.29) is 6.04 Å². The Balaban J connectivity index is 2.52. The predicted octanol–water partition coefficient (Wildman–Crippen LogP) is 2.14. The Labute approximate surface area is 81.5 Å². The maximum absolute atomic E-state index is 5.91. The van der Waals surface area contributed by atoms with Crippen LogP contribution in [0.4, 0.5) is 0 Å². The highest BCUT2D eigenvalue weighted by Crippen LogP contribution is 2.29. The second-order valence-electron chi connectivity index (χ2n) is 2.67. The molecule has 0 unspecified atom stereocenters. The van der Waals surface area contributed by atoms with E-state index in [0.29, 0.717) is 6.54 Å². The molecular weight excluding hydrogens is 192 g/mol. The molecule has 0 amide bonds. The van der Waals surface area contributed by atoms with Crippen molar-refractivity contribution in [3.05, 3.63) is 21.3 Å². The zero-order valence-electron chi connectivity index (χ0n) is 6.79. The summed E-state index contributed by atoms with van der Waals surface area (Å²) in [6.45, 7) is 0.691. The van der Waals surface area contributed by atoms with Crippen molar-refractivity contribution in [2.24, 2.45) is 11.5 Å². The van der Waals surface area contributed by atoms with Crippen LogP contribution in [0.15, 0.2) is 11.4 Å². The van der Waals surface area contributed by atoms with Crippen LogP contribution in [0.2, 0.25) is 5.02 Å². The van der Waals surface area contributed by atoms with E-state index < -0.39 is 0 Å². The van der Waals surface area contributed by atoms with E-state index in [4.69, 9.17) is 23.1 Å². The van der Waals surface area contributed by atoms with Crippen molar-refractivity contribution in [1.82, 2.24) is 0 Å². The van der Waals surface area contributed by atoms with Gasteiger partial charge in [-0.2, -0.15) is 0 Å². The third kappa shape index (κ3) is 2.45. The highest BCUT2D eigenvalue weighted by Gasteiger charge is 2.10. The minimum Gasteiger partial charge on any atom is -0.330 e. The molecule has 0 saturated heterocycles. The monoisotopic (exact) mass is 204 g/mol. The summed E-state index contributed by atoms with van der Waals surface area (Å²) in [6.07, 6.45) is 1.87. The van der Waals surface area contributed by atoms with Gasteiger partial charge in [0.2, 0.25) is 0 Å². The van der Waals surface area contributed by atoms with Gasteiger partial charge in [0.25, 0.3) is 0 Å². The van der Waals surface area contributed by atoms with Gasteiger partial charge in [-0.3, -0.25) is 0 Å². The molecule has 0 aromatic carbocycles. The first-order chi connectivity index (χ1) is 5.75. The van der Waals surface area contributed by atoms with Crippen molar-refractivity contribution < 1.29 is 0 Å². The summed E-state index contributed by atoms with van der Waals surface area (Å²) in [4.78, 5) is 1.07. The van der Waals surface area contributed by atoms with Crippen molar-refractivity contribution in [3.63, 3.8) is 0 Å². The van der Waals surface area contributed by atoms with Crippen molar-refractivity contribution >= 4 is 22.9 Å². The van der Waals surface area contributed by atoms with Gasteiger partial charge in [-0.05, 0) is 30.8 Å². The first kappa shape index (κ1) is 9.99. The average Bonchev–Trinajstić information content (AvgIpc) is 2.47. The maximum atomic E-state index is 5.91. The lowest BCUT2D eigenvalue weighted by molar-refractivity contribution is 0.626.